The number of carbonyl (C=O) groups is 1. The number of ether oxygens (including phenoxy) is 2. The van der Waals surface area contributed by atoms with E-state index in [2.05, 4.69) is 29.3 Å². The van der Waals surface area contributed by atoms with E-state index in [0.717, 1.165) is 55.2 Å². The molecule has 1 aromatic heterocycles. The number of H-pyrrole nitrogens is 1. The molecule has 6 nitrogen and oxygen atoms in total. The topological polar surface area (TPSA) is 67.5 Å². The van der Waals surface area contributed by atoms with Gasteiger partial charge in [-0.3, -0.25) is 9.89 Å². The van der Waals surface area contributed by atoms with Crippen LogP contribution in [-0.4, -0.2) is 40.9 Å². The number of aromatic nitrogens is 2. The van der Waals surface area contributed by atoms with Crippen molar-refractivity contribution in [3.63, 3.8) is 0 Å². The molecule has 4 rings (SSSR count). The molecule has 0 spiro atoms. The quantitative estimate of drug-likeness (QED) is 0.879. The van der Waals surface area contributed by atoms with Gasteiger partial charge in [0.05, 0.1) is 5.69 Å². The second kappa shape index (κ2) is 6.91. The lowest BCUT2D eigenvalue weighted by molar-refractivity contribution is -0.137. The second-order valence-corrected chi connectivity index (χ2v) is 8.15. The van der Waals surface area contributed by atoms with Gasteiger partial charge in [0.1, 0.15) is 0 Å². The van der Waals surface area contributed by atoms with Gasteiger partial charge in [0, 0.05) is 25.2 Å². The molecule has 144 valence electrons. The number of benzene rings is 1. The summed E-state index contributed by atoms with van der Waals surface area (Å²) in [6.45, 7) is 8.17. The number of carbonyl (C=O) groups excluding carboxylic acids is 1. The largest absolute Gasteiger partial charge is 0.454 e. The van der Waals surface area contributed by atoms with Crippen molar-refractivity contribution in [2.45, 2.75) is 46.5 Å². The van der Waals surface area contributed by atoms with Crippen molar-refractivity contribution in [2.24, 2.45) is 5.41 Å². The summed E-state index contributed by atoms with van der Waals surface area (Å²) in [5, 5.41) is 7.29. The number of likely N-dealkylation sites (tertiary alicyclic amines) is 1. The van der Waals surface area contributed by atoms with Crippen LogP contribution in [-0.2, 0) is 17.6 Å². The van der Waals surface area contributed by atoms with E-state index in [1.807, 2.05) is 24.8 Å². The van der Waals surface area contributed by atoms with E-state index in [9.17, 15) is 4.79 Å². The van der Waals surface area contributed by atoms with Crippen molar-refractivity contribution in [1.29, 1.82) is 0 Å². The molecule has 0 radical (unpaired) electrons. The maximum Gasteiger partial charge on any atom is 0.231 e. The van der Waals surface area contributed by atoms with Crippen LogP contribution in [0.3, 0.4) is 0 Å². The highest BCUT2D eigenvalue weighted by Gasteiger charge is 2.35. The maximum atomic E-state index is 12.5. The minimum absolute atomic E-state index is 0.0715. The highest BCUT2D eigenvalue weighted by molar-refractivity contribution is 5.77. The van der Waals surface area contributed by atoms with Gasteiger partial charge in [-0.15, -0.1) is 0 Å². The number of nitrogens with zero attached hydrogens (tertiary/aromatic N) is 2. The van der Waals surface area contributed by atoms with Crippen molar-refractivity contribution < 1.29 is 14.3 Å². The molecular formula is C21H27N3O3. The lowest BCUT2D eigenvalue weighted by Gasteiger charge is -2.40. The summed E-state index contributed by atoms with van der Waals surface area (Å²) in [5.74, 6) is 1.90. The van der Waals surface area contributed by atoms with E-state index in [4.69, 9.17) is 9.47 Å². The second-order valence-electron chi connectivity index (χ2n) is 8.15. The van der Waals surface area contributed by atoms with Gasteiger partial charge in [-0.1, -0.05) is 13.0 Å². The van der Waals surface area contributed by atoms with Crippen LogP contribution in [0.1, 0.15) is 42.3 Å². The number of amides is 1. The lowest BCUT2D eigenvalue weighted by Crippen LogP contribution is -2.46. The molecular weight excluding hydrogens is 342 g/mol. The molecule has 1 saturated heterocycles. The molecule has 3 heterocycles. The van der Waals surface area contributed by atoms with E-state index in [-0.39, 0.29) is 11.3 Å². The van der Waals surface area contributed by atoms with Crippen LogP contribution in [0.15, 0.2) is 18.2 Å². The zero-order chi connectivity index (χ0) is 19.0. The molecule has 6 heteroatoms. The number of hydrogen-bond donors (Lipinski definition) is 1. The van der Waals surface area contributed by atoms with Gasteiger partial charge in [-0.05, 0) is 61.8 Å². The Labute approximate surface area is 159 Å². The fraction of sp³-hybridized carbons (Fsp3) is 0.524. The Morgan fingerprint density at radius 2 is 2.07 bits per heavy atom. The molecule has 1 atom stereocenters. The Morgan fingerprint density at radius 3 is 2.85 bits per heavy atom. The number of aryl methyl sites for hydroxylation is 2. The molecule has 1 aromatic carbocycles. The van der Waals surface area contributed by atoms with Crippen molar-refractivity contribution in [2.75, 3.05) is 19.9 Å². The van der Waals surface area contributed by atoms with E-state index in [1.165, 1.54) is 11.1 Å². The molecule has 2 aliphatic rings. The van der Waals surface area contributed by atoms with Crippen molar-refractivity contribution in [3.05, 3.63) is 40.7 Å². The van der Waals surface area contributed by atoms with Crippen molar-refractivity contribution >= 4 is 5.91 Å². The van der Waals surface area contributed by atoms with Gasteiger partial charge in [0.2, 0.25) is 12.7 Å². The SMILES string of the molecule is Cc1n[nH]c(C)c1CCN1CC(C)(Cc2ccc3c(c2)OCO3)CCC1=O. The number of hydrogen-bond acceptors (Lipinski definition) is 4. The first-order valence-corrected chi connectivity index (χ1v) is 9.60. The third-order valence-electron chi connectivity index (χ3n) is 5.85. The highest BCUT2D eigenvalue weighted by atomic mass is 16.7. The summed E-state index contributed by atoms with van der Waals surface area (Å²) < 4.78 is 10.9. The van der Waals surface area contributed by atoms with Gasteiger partial charge >= 0.3 is 0 Å². The third kappa shape index (κ3) is 3.66. The third-order valence-corrected chi connectivity index (χ3v) is 5.85. The van der Waals surface area contributed by atoms with Crippen LogP contribution in [0.4, 0.5) is 0 Å². The molecule has 1 amide bonds. The van der Waals surface area contributed by atoms with E-state index in [1.54, 1.807) is 0 Å². The molecule has 1 unspecified atom stereocenters. The zero-order valence-corrected chi connectivity index (χ0v) is 16.3. The summed E-state index contributed by atoms with van der Waals surface area (Å²) in [4.78, 5) is 14.5. The molecule has 0 aliphatic carbocycles. The zero-order valence-electron chi connectivity index (χ0n) is 16.3. The van der Waals surface area contributed by atoms with Gasteiger partial charge in [-0.2, -0.15) is 5.10 Å². The predicted octanol–water partition coefficient (Wildman–Crippen LogP) is 3.17. The fourth-order valence-corrected chi connectivity index (χ4v) is 4.28. The van der Waals surface area contributed by atoms with Crippen LogP contribution < -0.4 is 9.47 Å². The van der Waals surface area contributed by atoms with E-state index < -0.39 is 0 Å². The molecule has 1 N–H and O–H groups in total. The number of aromatic amines is 1. The van der Waals surface area contributed by atoms with Crippen LogP contribution in [0.2, 0.25) is 0 Å². The predicted molar refractivity (Wildman–Crippen MR) is 102 cm³/mol. The van der Waals surface area contributed by atoms with E-state index >= 15 is 0 Å². The first kappa shape index (κ1) is 17.9. The molecule has 0 saturated carbocycles. The lowest BCUT2D eigenvalue weighted by atomic mass is 9.76. The highest BCUT2D eigenvalue weighted by Crippen LogP contribution is 2.38. The smallest absolute Gasteiger partial charge is 0.231 e. The molecule has 2 aromatic rings. The summed E-state index contributed by atoms with van der Waals surface area (Å²) in [5.41, 5.74) is 4.66. The fourth-order valence-electron chi connectivity index (χ4n) is 4.28. The minimum Gasteiger partial charge on any atom is -0.454 e. The van der Waals surface area contributed by atoms with E-state index in [0.29, 0.717) is 13.2 Å². The molecule has 2 aliphatic heterocycles. The Balaban J connectivity index is 1.43. The number of fused-ring (bicyclic) bond motifs is 1. The van der Waals surface area contributed by atoms with Crippen LogP contribution >= 0.6 is 0 Å². The van der Waals surface area contributed by atoms with Crippen molar-refractivity contribution in [3.8, 4) is 11.5 Å². The van der Waals surface area contributed by atoms with Gasteiger partial charge in [-0.25, -0.2) is 0 Å². The normalized spacial score (nSPS) is 21.7. The van der Waals surface area contributed by atoms with Gasteiger partial charge in [0.25, 0.3) is 0 Å². The van der Waals surface area contributed by atoms with Gasteiger partial charge < -0.3 is 14.4 Å². The van der Waals surface area contributed by atoms with Crippen LogP contribution in [0.25, 0.3) is 0 Å². The first-order valence-electron chi connectivity index (χ1n) is 9.60. The average molecular weight is 369 g/mol. The summed E-state index contributed by atoms with van der Waals surface area (Å²) in [6.07, 6.45) is 3.31. The van der Waals surface area contributed by atoms with Crippen molar-refractivity contribution in [1.82, 2.24) is 15.1 Å². The first-order chi connectivity index (χ1) is 12.9. The van der Waals surface area contributed by atoms with Gasteiger partial charge in [0.15, 0.2) is 11.5 Å². The number of piperidine rings is 1. The molecule has 0 bridgehead atoms. The van der Waals surface area contributed by atoms with Crippen LogP contribution in [0.5, 0.6) is 11.5 Å². The Kier molecular flexibility index (Phi) is 4.58. The summed E-state index contributed by atoms with van der Waals surface area (Å²) >= 11 is 0. The average Bonchev–Trinajstić information content (AvgIpc) is 3.22. The Morgan fingerprint density at radius 1 is 1.26 bits per heavy atom. The summed E-state index contributed by atoms with van der Waals surface area (Å²) in [6, 6.07) is 6.17. The molecule has 27 heavy (non-hydrogen) atoms. The number of nitrogens with one attached hydrogen (secondary N) is 1. The molecule has 1 fully saturated rings. The standard InChI is InChI=1S/C21H27N3O3/c1-14-17(15(2)23-22-14)7-9-24-12-21(3,8-6-20(24)25)11-16-4-5-18-19(10-16)27-13-26-18/h4-5,10H,6-9,11-13H2,1-3H3,(H,22,23). The number of rotatable bonds is 5. The Bertz CT molecular complexity index is 841. The monoisotopic (exact) mass is 369 g/mol. The summed E-state index contributed by atoms with van der Waals surface area (Å²) in [7, 11) is 0. The minimum atomic E-state index is 0.0715. The maximum absolute atomic E-state index is 12.5. The Hall–Kier alpha value is -2.50. The van der Waals surface area contributed by atoms with Crippen LogP contribution in [0, 0.1) is 19.3 Å².